The second kappa shape index (κ2) is 3.06. The van der Waals surface area contributed by atoms with E-state index in [9.17, 15) is 4.39 Å². The highest BCUT2D eigenvalue weighted by Gasteiger charge is 2.27. The van der Waals surface area contributed by atoms with Gasteiger partial charge < -0.3 is 5.32 Å². The Balaban J connectivity index is 2.11. The van der Waals surface area contributed by atoms with Gasteiger partial charge in [0.15, 0.2) is 0 Å². The minimum absolute atomic E-state index is 0.0112. The molecule has 2 heteroatoms. The summed E-state index contributed by atoms with van der Waals surface area (Å²) in [5, 5.41) is 3.29. The van der Waals surface area contributed by atoms with Crippen LogP contribution in [0.1, 0.15) is 35.6 Å². The van der Waals surface area contributed by atoms with Crippen LogP contribution in [0.2, 0.25) is 0 Å². The van der Waals surface area contributed by atoms with Crippen LogP contribution in [0.5, 0.6) is 0 Å². The number of fused-ring (bicyclic) bond motifs is 1. The van der Waals surface area contributed by atoms with Gasteiger partial charge in [-0.25, -0.2) is 4.39 Å². The van der Waals surface area contributed by atoms with Crippen LogP contribution in [-0.4, -0.2) is 6.54 Å². The van der Waals surface area contributed by atoms with E-state index in [-0.39, 0.29) is 5.82 Å². The average molecular weight is 191 g/mol. The van der Waals surface area contributed by atoms with Crippen molar-refractivity contribution in [1.82, 2.24) is 5.32 Å². The van der Waals surface area contributed by atoms with Gasteiger partial charge in [0.25, 0.3) is 0 Å². The van der Waals surface area contributed by atoms with E-state index in [1.54, 1.807) is 6.07 Å². The monoisotopic (exact) mass is 191 g/mol. The topological polar surface area (TPSA) is 12.0 Å². The van der Waals surface area contributed by atoms with Crippen molar-refractivity contribution in [3.8, 4) is 0 Å². The van der Waals surface area contributed by atoms with E-state index in [0.717, 1.165) is 31.4 Å². The minimum Gasteiger partial charge on any atom is -0.310 e. The van der Waals surface area contributed by atoms with Crippen LogP contribution in [0.15, 0.2) is 12.1 Å². The molecule has 0 amide bonds. The van der Waals surface area contributed by atoms with E-state index in [2.05, 4.69) is 5.32 Å². The maximum atomic E-state index is 13.7. The van der Waals surface area contributed by atoms with Gasteiger partial charge in [0, 0.05) is 11.6 Å². The molecular formula is C12H14FN. The molecule has 1 aliphatic heterocycles. The number of rotatable bonds is 1. The van der Waals surface area contributed by atoms with Gasteiger partial charge in [-0.05, 0) is 49.4 Å². The Labute approximate surface area is 83.3 Å². The highest BCUT2D eigenvalue weighted by atomic mass is 19.1. The molecule has 1 saturated heterocycles. The molecule has 1 fully saturated rings. The molecule has 2 aliphatic rings. The summed E-state index contributed by atoms with van der Waals surface area (Å²) < 4.78 is 13.7. The zero-order chi connectivity index (χ0) is 9.54. The Hall–Kier alpha value is -0.890. The Morgan fingerprint density at radius 1 is 1.29 bits per heavy atom. The molecule has 0 saturated carbocycles. The van der Waals surface area contributed by atoms with Crippen molar-refractivity contribution in [2.75, 3.05) is 6.54 Å². The van der Waals surface area contributed by atoms with Crippen LogP contribution < -0.4 is 5.32 Å². The van der Waals surface area contributed by atoms with E-state index < -0.39 is 0 Å². The summed E-state index contributed by atoms with van der Waals surface area (Å²) in [6.45, 7) is 1.04. The van der Waals surface area contributed by atoms with Gasteiger partial charge in [-0.1, -0.05) is 6.07 Å². The third kappa shape index (κ3) is 1.10. The third-order valence-electron chi connectivity index (χ3n) is 3.45. The number of nitrogens with one attached hydrogen (secondary N) is 1. The van der Waals surface area contributed by atoms with Gasteiger partial charge in [-0.2, -0.15) is 0 Å². The van der Waals surface area contributed by atoms with Gasteiger partial charge in [0.05, 0.1) is 0 Å². The van der Waals surface area contributed by atoms with Crippen LogP contribution >= 0.6 is 0 Å². The van der Waals surface area contributed by atoms with Crippen molar-refractivity contribution < 1.29 is 4.39 Å². The summed E-state index contributed by atoms with van der Waals surface area (Å²) in [6.07, 6.45) is 4.49. The summed E-state index contributed by atoms with van der Waals surface area (Å²) in [7, 11) is 0. The number of hydrogen-bond donors (Lipinski definition) is 1. The Bertz CT molecular complexity index is 369. The molecule has 1 N–H and O–H groups in total. The molecule has 14 heavy (non-hydrogen) atoms. The quantitative estimate of drug-likeness (QED) is 0.718. The maximum Gasteiger partial charge on any atom is 0.128 e. The summed E-state index contributed by atoms with van der Waals surface area (Å²) >= 11 is 0. The highest BCUT2D eigenvalue weighted by molar-refractivity contribution is 5.41. The molecule has 1 unspecified atom stereocenters. The lowest BCUT2D eigenvalue weighted by atomic mass is 9.91. The molecule has 1 heterocycles. The van der Waals surface area contributed by atoms with E-state index in [1.807, 2.05) is 6.07 Å². The SMILES string of the molecule is Fc1ccc2c(c1C1CCN1)CCC2. The predicted octanol–water partition coefficient (Wildman–Crippen LogP) is 2.35. The number of benzene rings is 1. The van der Waals surface area contributed by atoms with Gasteiger partial charge in [-0.15, -0.1) is 0 Å². The highest BCUT2D eigenvalue weighted by Crippen LogP contribution is 2.34. The lowest BCUT2D eigenvalue weighted by molar-refractivity contribution is 0.368. The lowest BCUT2D eigenvalue weighted by Crippen LogP contribution is -2.36. The Kier molecular flexibility index (Phi) is 1.84. The molecule has 1 aliphatic carbocycles. The second-order valence-corrected chi connectivity index (χ2v) is 4.25. The first-order valence-corrected chi connectivity index (χ1v) is 5.40. The van der Waals surface area contributed by atoms with Crippen LogP contribution in [-0.2, 0) is 12.8 Å². The fourth-order valence-corrected chi connectivity index (χ4v) is 2.58. The first kappa shape index (κ1) is 8.42. The van der Waals surface area contributed by atoms with Crippen molar-refractivity contribution >= 4 is 0 Å². The summed E-state index contributed by atoms with van der Waals surface area (Å²) in [6, 6.07) is 3.89. The van der Waals surface area contributed by atoms with Crippen LogP contribution in [0.25, 0.3) is 0 Å². The molecular weight excluding hydrogens is 177 g/mol. The molecule has 1 atom stereocenters. The van der Waals surface area contributed by atoms with Crippen LogP contribution in [0, 0.1) is 5.82 Å². The largest absolute Gasteiger partial charge is 0.310 e. The van der Waals surface area contributed by atoms with Crippen LogP contribution in [0.3, 0.4) is 0 Å². The van der Waals surface area contributed by atoms with E-state index in [0.29, 0.717) is 6.04 Å². The maximum absolute atomic E-state index is 13.7. The van der Waals surface area contributed by atoms with Gasteiger partial charge >= 0.3 is 0 Å². The van der Waals surface area contributed by atoms with E-state index in [1.165, 1.54) is 17.5 Å². The van der Waals surface area contributed by atoms with Gasteiger partial charge in [-0.3, -0.25) is 0 Å². The third-order valence-corrected chi connectivity index (χ3v) is 3.45. The normalized spacial score (nSPS) is 24.5. The molecule has 0 aromatic heterocycles. The molecule has 1 aromatic rings. The standard InChI is InChI=1S/C12H14FN/c13-10-5-4-8-2-1-3-9(8)12(10)11-6-7-14-11/h4-5,11,14H,1-3,6-7H2. The molecule has 1 aromatic carbocycles. The van der Waals surface area contributed by atoms with Crippen LogP contribution in [0.4, 0.5) is 4.39 Å². The predicted molar refractivity (Wildman–Crippen MR) is 53.8 cm³/mol. The van der Waals surface area contributed by atoms with Gasteiger partial charge in [0.1, 0.15) is 5.82 Å². The Morgan fingerprint density at radius 2 is 2.14 bits per heavy atom. The van der Waals surface area contributed by atoms with E-state index >= 15 is 0 Å². The van der Waals surface area contributed by atoms with Crippen molar-refractivity contribution in [3.63, 3.8) is 0 Å². The zero-order valence-corrected chi connectivity index (χ0v) is 8.15. The fraction of sp³-hybridized carbons (Fsp3) is 0.500. The zero-order valence-electron chi connectivity index (χ0n) is 8.15. The molecule has 3 rings (SSSR count). The molecule has 0 bridgehead atoms. The molecule has 0 spiro atoms. The second-order valence-electron chi connectivity index (χ2n) is 4.25. The van der Waals surface area contributed by atoms with Crippen molar-refractivity contribution in [2.45, 2.75) is 31.7 Å². The van der Waals surface area contributed by atoms with Gasteiger partial charge in [0.2, 0.25) is 0 Å². The smallest absolute Gasteiger partial charge is 0.128 e. The molecule has 0 radical (unpaired) electrons. The van der Waals surface area contributed by atoms with Crippen molar-refractivity contribution in [2.24, 2.45) is 0 Å². The first-order chi connectivity index (χ1) is 6.86. The first-order valence-electron chi connectivity index (χ1n) is 5.40. The van der Waals surface area contributed by atoms with Crippen molar-refractivity contribution in [3.05, 3.63) is 34.6 Å². The minimum atomic E-state index is -0.0112. The number of hydrogen-bond acceptors (Lipinski definition) is 1. The number of aryl methyl sites for hydroxylation is 1. The summed E-state index contributed by atoms with van der Waals surface area (Å²) in [4.78, 5) is 0. The summed E-state index contributed by atoms with van der Waals surface area (Å²) in [5.74, 6) is -0.0112. The fourth-order valence-electron chi connectivity index (χ4n) is 2.58. The lowest BCUT2D eigenvalue weighted by Gasteiger charge is -2.30. The molecule has 1 nitrogen and oxygen atoms in total. The van der Waals surface area contributed by atoms with E-state index in [4.69, 9.17) is 0 Å². The average Bonchev–Trinajstić information content (AvgIpc) is 2.54. The molecule has 74 valence electrons. The van der Waals surface area contributed by atoms with Crippen molar-refractivity contribution in [1.29, 1.82) is 0 Å². The Morgan fingerprint density at radius 3 is 2.86 bits per heavy atom. The number of halogens is 1. The summed E-state index contributed by atoms with van der Waals surface area (Å²) in [5.41, 5.74) is 3.63.